The lowest BCUT2D eigenvalue weighted by molar-refractivity contribution is -0.138. The van der Waals surface area contributed by atoms with Gasteiger partial charge < -0.3 is 10.2 Å². The normalized spacial score (nSPS) is 10.8. The Bertz CT molecular complexity index is 431. The quantitative estimate of drug-likeness (QED) is 0.109. The predicted molar refractivity (Wildman–Crippen MR) is 142 cm³/mol. The average Bonchev–Trinajstić information content (AvgIpc) is 2.78. The molecule has 0 aliphatic carbocycles. The standard InChI is InChI=1S/C18H34O2.C11H22O2/c1-2-3-4-5-6-7-8-9-10-11-12-13-14-15-16-17-18(19)20;1-2-3-4-5-6-7-8-9-10-11(12)13/h9-10H,2-8,11-17H2,1H3,(H,19,20);2-10H2,1H3,(H,12,13)/b10-9-;. The van der Waals surface area contributed by atoms with Crippen LogP contribution in [0, 0.1) is 0 Å². The van der Waals surface area contributed by atoms with Crippen molar-refractivity contribution in [2.24, 2.45) is 0 Å². The van der Waals surface area contributed by atoms with E-state index in [2.05, 4.69) is 26.0 Å². The van der Waals surface area contributed by atoms with Gasteiger partial charge in [-0.2, -0.15) is 0 Å². The first-order chi connectivity index (χ1) is 16.0. The van der Waals surface area contributed by atoms with E-state index in [4.69, 9.17) is 10.2 Å². The summed E-state index contributed by atoms with van der Waals surface area (Å²) in [5, 5.41) is 16.9. The van der Waals surface area contributed by atoms with E-state index in [1.54, 1.807) is 0 Å². The van der Waals surface area contributed by atoms with E-state index in [9.17, 15) is 9.59 Å². The molecule has 0 aliphatic heterocycles. The smallest absolute Gasteiger partial charge is 0.303 e. The number of carboxylic acid groups (broad SMARTS) is 2. The van der Waals surface area contributed by atoms with Crippen LogP contribution in [-0.2, 0) is 9.59 Å². The highest BCUT2D eigenvalue weighted by atomic mass is 16.4. The Hall–Kier alpha value is -1.32. The summed E-state index contributed by atoms with van der Waals surface area (Å²) in [6.45, 7) is 4.47. The highest BCUT2D eigenvalue weighted by molar-refractivity contribution is 5.66. The zero-order valence-electron chi connectivity index (χ0n) is 22.1. The number of hydrogen-bond acceptors (Lipinski definition) is 2. The van der Waals surface area contributed by atoms with Crippen LogP contribution in [0.1, 0.15) is 162 Å². The summed E-state index contributed by atoms with van der Waals surface area (Å²) >= 11 is 0. The van der Waals surface area contributed by atoms with Gasteiger partial charge in [0.2, 0.25) is 0 Å². The van der Waals surface area contributed by atoms with Gasteiger partial charge in [-0.25, -0.2) is 0 Å². The van der Waals surface area contributed by atoms with Crippen LogP contribution in [0.3, 0.4) is 0 Å². The minimum absolute atomic E-state index is 0.332. The molecule has 196 valence electrons. The van der Waals surface area contributed by atoms with Gasteiger partial charge in [0.1, 0.15) is 0 Å². The van der Waals surface area contributed by atoms with Crippen LogP contribution in [0.25, 0.3) is 0 Å². The van der Waals surface area contributed by atoms with Gasteiger partial charge in [0, 0.05) is 12.8 Å². The van der Waals surface area contributed by atoms with Crippen LogP contribution in [0.15, 0.2) is 12.2 Å². The number of carboxylic acids is 2. The third-order valence-corrected chi connectivity index (χ3v) is 5.90. The monoisotopic (exact) mass is 468 g/mol. The predicted octanol–water partition coefficient (Wildman–Crippen LogP) is 9.71. The van der Waals surface area contributed by atoms with Crippen LogP contribution in [0.4, 0.5) is 0 Å². The maximum atomic E-state index is 10.3. The van der Waals surface area contributed by atoms with Gasteiger partial charge in [0.25, 0.3) is 0 Å². The van der Waals surface area contributed by atoms with E-state index < -0.39 is 11.9 Å². The largest absolute Gasteiger partial charge is 0.481 e. The molecular formula is C29H56O4. The number of rotatable bonds is 24. The molecule has 4 nitrogen and oxygen atoms in total. The third-order valence-electron chi connectivity index (χ3n) is 5.90. The number of allylic oxidation sites excluding steroid dienone is 2. The summed E-state index contributed by atoms with van der Waals surface area (Å²) in [6, 6.07) is 0. The van der Waals surface area contributed by atoms with Crippen molar-refractivity contribution in [3.63, 3.8) is 0 Å². The molecule has 0 saturated carbocycles. The molecule has 0 fully saturated rings. The van der Waals surface area contributed by atoms with Gasteiger partial charge in [0.05, 0.1) is 0 Å². The zero-order chi connectivity index (χ0) is 24.8. The van der Waals surface area contributed by atoms with Crippen molar-refractivity contribution in [3.05, 3.63) is 12.2 Å². The first kappa shape index (κ1) is 33.9. The average molecular weight is 469 g/mol. The van der Waals surface area contributed by atoms with Crippen molar-refractivity contribution < 1.29 is 19.8 Å². The second-order valence-electron chi connectivity index (χ2n) is 9.35. The van der Waals surface area contributed by atoms with Crippen LogP contribution < -0.4 is 0 Å². The molecule has 0 aliphatic rings. The highest BCUT2D eigenvalue weighted by Crippen LogP contribution is 2.10. The van der Waals surface area contributed by atoms with Crippen LogP contribution >= 0.6 is 0 Å². The van der Waals surface area contributed by atoms with Crippen molar-refractivity contribution in [2.45, 2.75) is 162 Å². The Labute approximate surface area is 205 Å². The van der Waals surface area contributed by atoms with Gasteiger partial charge in [-0.15, -0.1) is 0 Å². The molecule has 0 spiro atoms. The molecule has 0 heterocycles. The van der Waals surface area contributed by atoms with Crippen molar-refractivity contribution in [1.82, 2.24) is 0 Å². The maximum Gasteiger partial charge on any atom is 0.303 e. The molecule has 4 heteroatoms. The fourth-order valence-corrected chi connectivity index (χ4v) is 3.76. The molecule has 0 bridgehead atoms. The van der Waals surface area contributed by atoms with Gasteiger partial charge in [-0.1, -0.05) is 122 Å². The molecule has 0 aromatic rings. The second kappa shape index (κ2) is 30.7. The molecule has 2 N–H and O–H groups in total. The summed E-state index contributed by atoms with van der Waals surface area (Å²) in [6.07, 6.45) is 31.3. The Morgan fingerprint density at radius 1 is 0.455 bits per heavy atom. The van der Waals surface area contributed by atoms with E-state index in [1.165, 1.54) is 109 Å². The highest BCUT2D eigenvalue weighted by Gasteiger charge is 1.97. The van der Waals surface area contributed by atoms with E-state index in [0.717, 1.165) is 25.7 Å². The zero-order valence-corrected chi connectivity index (χ0v) is 22.1. The van der Waals surface area contributed by atoms with Crippen LogP contribution in [-0.4, -0.2) is 22.2 Å². The van der Waals surface area contributed by atoms with Crippen LogP contribution in [0.5, 0.6) is 0 Å². The van der Waals surface area contributed by atoms with Crippen molar-refractivity contribution in [2.75, 3.05) is 0 Å². The van der Waals surface area contributed by atoms with Gasteiger partial charge in [0.15, 0.2) is 0 Å². The summed E-state index contributed by atoms with van der Waals surface area (Å²) in [7, 11) is 0. The number of carbonyl (C=O) groups is 2. The van der Waals surface area contributed by atoms with Crippen molar-refractivity contribution >= 4 is 11.9 Å². The fourth-order valence-electron chi connectivity index (χ4n) is 3.76. The summed E-state index contributed by atoms with van der Waals surface area (Å²) < 4.78 is 0. The molecular weight excluding hydrogens is 412 g/mol. The molecule has 0 aromatic carbocycles. The Morgan fingerprint density at radius 2 is 0.727 bits per heavy atom. The third kappa shape index (κ3) is 38.3. The molecule has 0 unspecified atom stereocenters. The number of unbranched alkanes of at least 4 members (excludes halogenated alkanes) is 18. The molecule has 33 heavy (non-hydrogen) atoms. The first-order valence-corrected chi connectivity index (χ1v) is 14.1. The van der Waals surface area contributed by atoms with Gasteiger partial charge in [-0.3, -0.25) is 9.59 Å². The molecule has 0 saturated heterocycles. The number of hydrogen-bond donors (Lipinski definition) is 2. The molecule has 0 rings (SSSR count). The Kier molecular flexibility index (Phi) is 31.5. The van der Waals surface area contributed by atoms with Gasteiger partial charge in [-0.05, 0) is 38.5 Å². The minimum Gasteiger partial charge on any atom is -0.481 e. The van der Waals surface area contributed by atoms with Gasteiger partial charge >= 0.3 is 11.9 Å². The van der Waals surface area contributed by atoms with E-state index in [1.807, 2.05) is 0 Å². The lowest BCUT2D eigenvalue weighted by Crippen LogP contribution is -1.93. The Balaban J connectivity index is 0. The summed E-state index contributed by atoms with van der Waals surface area (Å²) in [5.41, 5.74) is 0. The fraction of sp³-hybridized carbons (Fsp3) is 0.862. The van der Waals surface area contributed by atoms with E-state index in [0.29, 0.717) is 12.8 Å². The maximum absolute atomic E-state index is 10.3. The molecule has 0 atom stereocenters. The lowest BCUT2D eigenvalue weighted by atomic mass is 10.1. The van der Waals surface area contributed by atoms with Crippen molar-refractivity contribution in [1.29, 1.82) is 0 Å². The number of aliphatic carboxylic acids is 2. The summed E-state index contributed by atoms with van der Waals surface area (Å²) in [4.78, 5) is 20.5. The van der Waals surface area contributed by atoms with E-state index >= 15 is 0 Å². The SMILES string of the molecule is CCCCCCCC/C=C\CCCCCCCC(=O)O.CCCCCCCCCCC(=O)O. The van der Waals surface area contributed by atoms with E-state index in [-0.39, 0.29) is 0 Å². The lowest BCUT2D eigenvalue weighted by Gasteiger charge is -1.99. The summed E-state index contributed by atoms with van der Waals surface area (Å²) in [5.74, 6) is -1.33. The molecule has 0 radical (unpaired) electrons. The molecule has 0 amide bonds. The van der Waals surface area contributed by atoms with Crippen molar-refractivity contribution in [3.8, 4) is 0 Å². The van der Waals surface area contributed by atoms with Crippen LogP contribution in [0.2, 0.25) is 0 Å². The first-order valence-electron chi connectivity index (χ1n) is 14.1. The second-order valence-corrected chi connectivity index (χ2v) is 9.35. The Morgan fingerprint density at radius 3 is 1.03 bits per heavy atom. The molecule has 0 aromatic heterocycles. The topological polar surface area (TPSA) is 74.6 Å². The minimum atomic E-state index is -0.664.